The Morgan fingerprint density at radius 3 is 2.12 bits per heavy atom. The third-order valence-electron chi connectivity index (χ3n) is 5.30. The van der Waals surface area contributed by atoms with E-state index in [4.69, 9.17) is 18.5 Å². The molecule has 33 heavy (non-hydrogen) atoms. The molecule has 0 saturated heterocycles. The summed E-state index contributed by atoms with van der Waals surface area (Å²) in [6.45, 7) is 5.29. The molecule has 174 valence electrons. The molecule has 2 heterocycles. The number of hydrogen-bond acceptors (Lipinski definition) is 6. The predicted octanol–water partition coefficient (Wildman–Crippen LogP) is 6.63. The van der Waals surface area contributed by atoms with Crippen LogP contribution in [0.5, 0.6) is 5.75 Å². The van der Waals surface area contributed by atoms with Crippen molar-refractivity contribution in [2.75, 3.05) is 0 Å². The molecule has 1 aromatic heterocycles. The van der Waals surface area contributed by atoms with Gasteiger partial charge in [0, 0.05) is 31.2 Å². The normalized spacial score (nSPS) is 16.0. The van der Waals surface area contributed by atoms with Crippen LogP contribution in [0.1, 0.15) is 47.7 Å². The highest BCUT2D eigenvalue weighted by Gasteiger charge is 2.42. The van der Waals surface area contributed by atoms with Crippen LogP contribution in [0.3, 0.4) is 0 Å². The first-order valence-corrected chi connectivity index (χ1v) is 12.3. The number of pyridine rings is 1. The molecule has 0 aliphatic carbocycles. The molecule has 0 fully saturated rings. The van der Waals surface area contributed by atoms with Gasteiger partial charge in [-0.1, -0.05) is 60.7 Å². The zero-order valence-electron chi connectivity index (χ0n) is 18.9. The van der Waals surface area contributed by atoms with Gasteiger partial charge in [-0.25, -0.2) is 4.39 Å². The maximum absolute atomic E-state index is 16.0. The molecule has 2 aromatic carbocycles. The van der Waals surface area contributed by atoms with Crippen molar-refractivity contribution in [1.82, 2.24) is 4.98 Å². The molecule has 4 rings (SSSR count). The van der Waals surface area contributed by atoms with Gasteiger partial charge in [0.2, 0.25) is 11.7 Å². The van der Waals surface area contributed by atoms with Gasteiger partial charge >= 0.3 is 7.60 Å². The summed E-state index contributed by atoms with van der Waals surface area (Å²) in [6.07, 6.45) is 1.36. The van der Waals surface area contributed by atoms with E-state index >= 15 is 4.39 Å². The highest BCUT2D eigenvalue weighted by molar-refractivity contribution is 7.54. The van der Waals surface area contributed by atoms with Crippen LogP contribution in [0.2, 0.25) is 0 Å². The Morgan fingerprint density at radius 1 is 1.03 bits per heavy atom. The lowest BCUT2D eigenvalue weighted by Gasteiger charge is -2.34. The fourth-order valence-electron chi connectivity index (χ4n) is 3.48. The fourth-order valence-corrected chi connectivity index (χ4v) is 5.04. The van der Waals surface area contributed by atoms with E-state index in [1.807, 2.05) is 60.7 Å². The van der Waals surface area contributed by atoms with Gasteiger partial charge in [-0.2, -0.15) is 0 Å². The summed E-state index contributed by atoms with van der Waals surface area (Å²) < 4.78 is 52.8. The van der Waals surface area contributed by atoms with Gasteiger partial charge in [0.25, 0.3) is 0 Å². The first-order chi connectivity index (χ1) is 15.8. The number of rotatable bonds is 8. The zero-order valence-corrected chi connectivity index (χ0v) is 19.8. The minimum absolute atomic E-state index is 0.0607. The number of aromatic nitrogens is 1. The molecule has 0 radical (unpaired) electrons. The van der Waals surface area contributed by atoms with Gasteiger partial charge in [-0.05, 0) is 18.1 Å². The fraction of sp³-hybridized carbons (Fsp3) is 0.320. The van der Waals surface area contributed by atoms with Crippen LogP contribution >= 0.6 is 7.60 Å². The number of nitrogens with zero attached hydrogens (tertiary/aromatic N) is 1. The van der Waals surface area contributed by atoms with Crippen LogP contribution in [-0.2, 0) is 38.2 Å². The topological polar surface area (TPSA) is 66.9 Å². The highest BCUT2D eigenvalue weighted by Crippen LogP contribution is 2.63. The number of halogens is 1. The lowest BCUT2D eigenvalue weighted by molar-refractivity contribution is -0.181. The largest absolute Gasteiger partial charge is 0.461 e. The van der Waals surface area contributed by atoms with Crippen molar-refractivity contribution in [3.8, 4) is 5.75 Å². The number of hydrogen-bond donors (Lipinski definition) is 0. The Balaban J connectivity index is 1.65. The van der Waals surface area contributed by atoms with E-state index in [2.05, 4.69) is 4.98 Å². The van der Waals surface area contributed by atoms with E-state index in [9.17, 15) is 4.57 Å². The Kier molecular flexibility index (Phi) is 6.96. The Morgan fingerprint density at radius 2 is 1.58 bits per heavy atom. The molecule has 6 nitrogen and oxygen atoms in total. The van der Waals surface area contributed by atoms with Crippen molar-refractivity contribution in [3.63, 3.8) is 0 Å². The number of fused-ring (bicyclic) bond motifs is 1. The van der Waals surface area contributed by atoms with E-state index in [0.29, 0.717) is 17.0 Å². The minimum atomic E-state index is -4.27. The molecule has 0 saturated carbocycles. The molecular formula is C25H27FNO5P. The molecule has 0 bridgehead atoms. The van der Waals surface area contributed by atoms with Gasteiger partial charge in [0.1, 0.15) is 5.75 Å². The summed E-state index contributed by atoms with van der Waals surface area (Å²) in [5, 5.41) is 0. The molecule has 8 heteroatoms. The Labute approximate surface area is 193 Å². The predicted molar refractivity (Wildman–Crippen MR) is 122 cm³/mol. The van der Waals surface area contributed by atoms with Crippen molar-refractivity contribution < 1.29 is 27.5 Å². The van der Waals surface area contributed by atoms with Gasteiger partial charge in [-0.15, -0.1) is 0 Å². The summed E-state index contributed by atoms with van der Waals surface area (Å²) >= 11 is 0. The summed E-state index contributed by atoms with van der Waals surface area (Å²) in [5.74, 6) is -2.51. The lowest BCUT2D eigenvalue weighted by Crippen LogP contribution is -2.36. The van der Waals surface area contributed by atoms with Crippen molar-refractivity contribution in [1.29, 1.82) is 0 Å². The zero-order chi connectivity index (χ0) is 23.5. The number of aryl methyl sites for hydroxylation is 1. The summed E-state index contributed by atoms with van der Waals surface area (Å²) in [7, 11) is -4.27. The highest BCUT2D eigenvalue weighted by atomic mass is 31.2. The van der Waals surface area contributed by atoms with Crippen molar-refractivity contribution >= 4 is 7.60 Å². The molecule has 0 amide bonds. The van der Waals surface area contributed by atoms with Gasteiger partial charge in [0.05, 0.1) is 25.5 Å². The molecule has 1 aliphatic rings. The second-order valence-corrected chi connectivity index (χ2v) is 10.3. The van der Waals surface area contributed by atoms with Crippen molar-refractivity contribution in [2.45, 2.75) is 52.3 Å². The van der Waals surface area contributed by atoms with Crippen LogP contribution in [0.25, 0.3) is 0 Å². The first kappa shape index (κ1) is 23.6. The number of ether oxygens (including phenoxy) is 2. The van der Waals surface area contributed by atoms with Crippen LogP contribution < -0.4 is 4.74 Å². The average molecular weight is 471 g/mol. The molecule has 1 aliphatic heterocycles. The number of alkyl halides is 1. The van der Waals surface area contributed by atoms with Gasteiger partial charge in [-0.3, -0.25) is 9.55 Å². The van der Waals surface area contributed by atoms with Crippen LogP contribution in [0.4, 0.5) is 4.39 Å². The maximum Gasteiger partial charge on any atom is 0.369 e. The van der Waals surface area contributed by atoms with Crippen molar-refractivity contribution in [2.24, 2.45) is 0 Å². The second-order valence-electron chi connectivity index (χ2n) is 8.29. The third kappa shape index (κ3) is 5.50. The molecule has 1 unspecified atom stereocenters. The van der Waals surface area contributed by atoms with Crippen LogP contribution in [-0.4, -0.2) is 10.8 Å². The van der Waals surface area contributed by atoms with E-state index in [-0.39, 0.29) is 25.4 Å². The van der Waals surface area contributed by atoms with E-state index in [1.54, 1.807) is 20.8 Å². The maximum atomic E-state index is 16.0. The number of benzene rings is 2. The summed E-state index contributed by atoms with van der Waals surface area (Å²) in [6, 6.07) is 18.3. The van der Waals surface area contributed by atoms with Crippen molar-refractivity contribution in [3.05, 3.63) is 94.8 Å². The standard InChI is InChI=1S/C25H27FNO5P/c1-18-23-22(17-29-25(2,3)32-23)21(14-27-18)24(26)33(28,30-15-19-10-6-4-7-11-19)31-16-20-12-8-5-9-13-20/h4-14,24H,15-17H2,1-3H3. The minimum Gasteiger partial charge on any atom is -0.461 e. The SMILES string of the molecule is Cc1ncc(C(F)P(=O)(OCc2ccccc2)OCc2ccccc2)c2c1OC(C)(C)OC2. The summed E-state index contributed by atoms with van der Waals surface area (Å²) in [5.41, 5.74) is 2.65. The molecule has 1 atom stereocenters. The van der Waals surface area contributed by atoms with E-state index in [0.717, 1.165) is 11.1 Å². The first-order valence-electron chi connectivity index (χ1n) is 10.7. The average Bonchev–Trinajstić information content (AvgIpc) is 2.82. The molecule has 0 N–H and O–H groups in total. The smallest absolute Gasteiger partial charge is 0.369 e. The van der Waals surface area contributed by atoms with E-state index in [1.165, 1.54) is 6.20 Å². The Hall–Kier alpha value is -2.57. The quantitative estimate of drug-likeness (QED) is 0.344. The van der Waals surface area contributed by atoms with Gasteiger partial charge in [0.15, 0.2) is 0 Å². The van der Waals surface area contributed by atoms with E-state index < -0.39 is 19.3 Å². The van der Waals surface area contributed by atoms with Crippen LogP contribution in [0, 0.1) is 6.92 Å². The monoisotopic (exact) mass is 471 g/mol. The lowest BCUT2D eigenvalue weighted by atomic mass is 10.1. The van der Waals surface area contributed by atoms with Gasteiger partial charge < -0.3 is 18.5 Å². The summed E-state index contributed by atoms with van der Waals surface area (Å²) in [4.78, 5) is 4.28. The third-order valence-corrected chi connectivity index (χ3v) is 7.11. The molecule has 0 spiro atoms. The Bertz CT molecular complexity index is 1090. The molecular weight excluding hydrogens is 444 g/mol. The van der Waals surface area contributed by atoms with Crippen LogP contribution in [0.15, 0.2) is 66.9 Å². The molecule has 3 aromatic rings. The second kappa shape index (κ2) is 9.74.